The fourth-order valence-corrected chi connectivity index (χ4v) is 1.15. The van der Waals surface area contributed by atoms with Crippen LogP contribution in [0.25, 0.3) is 5.57 Å². The number of carbonyl (C=O) groups is 1. The minimum Gasteiger partial charge on any atom is -0.478 e. The third kappa shape index (κ3) is 1.09. The van der Waals surface area contributed by atoms with Crippen LogP contribution >= 0.6 is 0 Å². The highest BCUT2D eigenvalue weighted by molar-refractivity contribution is 6.07. The normalized spacial score (nSPS) is 14.7. The molecule has 1 aliphatic carbocycles. The van der Waals surface area contributed by atoms with Crippen LogP contribution in [-0.2, 0) is 4.79 Å². The van der Waals surface area contributed by atoms with Gasteiger partial charge < -0.3 is 5.11 Å². The standard InChI is InChI=1S/C9H7NO2/c11-9(12)8-4-7(8)6-2-1-3-10-5-6/h1-3,5H,4H2,(H,11,12). The average Bonchev–Trinajstić information content (AvgIpc) is 2.84. The highest BCUT2D eigenvalue weighted by Crippen LogP contribution is 2.39. The molecule has 0 aromatic carbocycles. The number of aliphatic carboxylic acids is 1. The van der Waals surface area contributed by atoms with Gasteiger partial charge in [-0.3, -0.25) is 4.98 Å². The van der Waals surface area contributed by atoms with Crippen molar-refractivity contribution in [2.45, 2.75) is 6.42 Å². The molecule has 0 bridgehead atoms. The van der Waals surface area contributed by atoms with E-state index < -0.39 is 5.97 Å². The van der Waals surface area contributed by atoms with E-state index in [1.165, 1.54) is 0 Å². The number of hydrogen-bond acceptors (Lipinski definition) is 2. The summed E-state index contributed by atoms with van der Waals surface area (Å²) in [6.45, 7) is 0. The van der Waals surface area contributed by atoms with E-state index in [1.54, 1.807) is 18.5 Å². The van der Waals surface area contributed by atoms with Crippen LogP contribution in [0.4, 0.5) is 0 Å². The van der Waals surface area contributed by atoms with Crippen molar-refractivity contribution < 1.29 is 9.90 Å². The molecular formula is C9H7NO2. The summed E-state index contributed by atoms with van der Waals surface area (Å²) < 4.78 is 0. The second kappa shape index (κ2) is 2.44. The Balaban J connectivity index is 2.31. The molecule has 0 aliphatic heterocycles. The predicted molar refractivity (Wildman–Crippen MR) is 43.4 cm³/mol. The molecule has 0 saturated carbocycles. The highest BCUT2D eigenvalue weighted by atomic mass is 16.4. The molecule has 1 aromatic rings. The zero-order chi connectivity index (χ0) is 8.55. The van der Waals surface area contributed by atoms with Crippen LogP contribution in [0, 0.1) is 0 Å². The maximum absolute atomic E-state index is 10.5. The molecule has 0 saturated heterocycles. The number of allylic oxidation sites excluding steroid dienone is 1. The van der Waals surface area contributed by atoms with Crippen LogP contribution in [0.2, 0.25) is 0 Å². The van der Waals surface area contributed by atoms with Crippen LogP contribution in [0.1, 0.15) is 12.0 Å². The average molecular weight is 161 g/mol. The van der Waals surface area contributed by atoms with Gasteiger partial charge in [-0.25, -0.2) is 4.79 Å². The number of rotatable bonds is 2. The minimum atomic E-state index is -0.811. The Hall–Kier alpha value is -1.64. The molecule has 0 atom stereocenters. The number of pyridine rings is 1. The van der Waals surface area contributed by atoms with Crippen LogP contribution in [0.15, 0.2) is 30.1 Å². The minimum absolute atomic E-state index is 0.517. The van der Waals surface area contributed by atoms with Crippen molar-refractivity contribution in [2.24, 2.45) is 0 Å². The first-order valence-corrected chi connectivity index (χ1v) is 3.65. The maximum Gasteiger partial charge on any atom is 0.332 e. The smallest absolute Gasteiger partial charge is 0.332 e. The van der Waals surface area contributed by atoms with Gasteiger partial charge in [0.25, 0.3) is 0 Å². The van der Waals surface area contributed by atoms with Crippen molar-refractivity contribution in [1.29, 1.82) is 0 Å². The predicted octanol–water partition coefficient (Wildman–Crippen LogP) is 1.32. The summed E-state index contributed by atoms with van der Waals surface area (Å²) in [4.78, 5) is 14.4. The Morgan fingerprint density at radius 2 is 2.42 bits per heavy atom. The van der Waals surface area contributed by atoms with Crippen LogP contribution < -0.4 is 0 Å². The molecule has 0 amide bonds. The molecule has 1 aliphatic rings. The Bertz CT molecular complexity index is 354. The lowest BCUT2D eigenvalue weighted by Gasteiger charge is -1.88. The zero-order valence-electron chi connectivity index (χ0n) is 6.32. The molecule has 0 spiro atoms. The van der Waals surface area contributed by atoms with Crippen molar-refractivity contribution in [2.75, 3.05) is 0 Å². The van der Waals surface area contributed by atoms with E-state index in [0.29, 0.717) is 12.0 Å². The Labute approximate surface area is 69.4 Å². The van der Waals surface area contributed by atoms with E-state index in [1.807, 2.05) is 6.07 Å². The van der Waals surface area contributed by atoms with Gasteiger partial charge in [0, 0.05) is 24.4 Å². The summed E-state index contributed by atoms with van der Waals surface area (Å²) in [7, 11) is 0. The van der Waals surface area contributed by atoms with Gasteiger partial charge in [-0.15, -0.1) is 0 Å². The van der Waals surface area contributed by atoms with Gasteiger partial charge in [-0.2, -0.15) is 0 Å². The zero-order valence-corrected chi connectivity index (χ0v) is 6.32. The fourth-order valence-electron chi connectivity index (χ4n) is 1.15. The number of aromatic nitrogens is 1. The van der Waals surface area contributed by atoms with E-state index in [9.17, 15) is 4.79 Å². The molecule has 0 unspecified atom stereocenters. The van der Waals surface area contributed by atoms with E-state index >= 15 is 0 Å². The lowest BCUT2D eigenvalue weighted by atomic mass is 10.2. The van der Waals surface area contributed by atoms with Crippen LogP contribution in [0.5, 0.6) is 0 Å². The van der Waals surface area contributed by atoms with Gasteiger partial charge in [0.05, 0.1) is 0 Å². The number of carboxylic acids is 1. The Morgan fingerprint density at radius 1 is 1.58 bits per heavy atom. The fraction of sp³-hybridized carbons (Fsp3) is 0.111. The highest BCUT2D eigenvalue weighted by Gasteiger charge is 2.28. The lowest BCUT2D eigenvalue weighted by Crippen LogP contribution is -1.88. The number of hydrogen-bond donors (Lipinski definition) is 1. The summed E-state index contributed by atoms with van der Waals surface area (Å²) in [5.41, 5.74) is 2.36. The first kappa shape index (κ1) is 7.03. The SMILES string of the molecule is O=C(O)C1=C(c2cccnc2)C1. The molecule has 0 fully saturated rings. The van der Waals surface area contributed by atoms with E-state index in [-0.39, 0.29) is 0 Å². The summed E-state index contributed by atoms with van der Waals surface area (Å²) in [5, 5.41) is 8.61. The molecule has 3 heteroatoms. The third-order valence-corrected chi connectivity index (χ3v) is 1.86. The van der Waals surface area contributed by atoms with E-state index in [0.717, 1.165) is 11.1 Å². The van der Waals surface area contributed by atoms with Crippen molar-refractivity contribution in [3.63, 3.8) is 0 Å². The maximum atomic E-state index is 10.5. The van der Waals surface area contributed by atoms with Gasteiger partial charge >= 0.3 is 5.97 Å². The molecule has 1 heterocycles. The largest absolute Gasteiger partial charge is 0.478 e. The molecule has 3 nitrogen and oxygen atoms in total. The molecule has 1 aromatic heterocycles. The first-order valence-electron chi connectivity index (χ1n) is 3.65. The quantitative estimate of drug-likeness (QED) is 0.711. The molecule has 2 rings (SSSR count). The van der Waals surface area contributed by atoms with Crippen LogP contribution in [-0.4, -0.2) is 16.1 Å². The number of carboxylic acid groups (broad SMARTS) is 1. The molecule has 12 heavy (non-hydrogen) atoms. The Morgan fingerprint density at radius 3 is 2.92 bits per heavy atom. The summed E-state index contributed by atoms with van der Waals surface area (Å²) in [5.74, 6) is -0.811. The molecule has 60 valence electrons. The van der Waals surface area contributed by atoms with Crippen molar-refractivity contribution in [1.82, 2.24) is 4.98 Å². The molecule has 0 radical (unpaired) electrons. The first-order chi connectivity index (χ1) is 5.79. The molecule has 1 N–H and O–H groups in total. The lowest BCUT2D eigenvalue weighted by molar-refractivity contribution is -0.132. The topological polar surface area (TPSA) is 50.2 Å². The van der Waals surface area contributed by atoms with Crippen LogP contribution in [0.3, 0.4) is 0 Å². The number of nitrogens with zero attached hydrogens (tertiary/aromatic N) is 1. The van der Waals surface area contributed by atoms with Gasteiger partial charge in [-0.1, -0.05) is 6.07 Å². The summed E-state index contributed by atoms with van der Waals surface area (Å²) >= 11 is 0. The van der Waals surface area contributed by atoms with Gasteiger partial charge in [0.1, 0.15) is 0 Å². The molecular weight excluding hydrogens is 154 g/mol. The van der Waals surface area contributed by atoms with Crippen molar-refractivity contribution in [3.8, 4) is 0 Å². The Kier molecular flexibility index (Phi) is 1.43. The third-order valence-electron chi connectivity index (χ3n) is 1.86. The van der Waals surface area contributed by atoms with Gasteiger partial charge in [0.15, 0.2) is 0 Å². The van der Waals surface area contributed by atoms with Gasteiger partial charge in [0.2, 0.25) is 0 Å². The van der Waals surface area contributed by atoms with Crippen molar-refractivity contribution in [3.05, 3.63) is 35.7 Å². The summed E-state index contributed by atoms with van der Waals surface area (Å²) in [6.07, 6.45) is 3.96. The second-order valence-corrected chi connectivity index (χ2v) is 2.68. The second-order valence-electron chi connectivity index (χ2n) is 2.68. The van der Waals surface area contributed by atoms with E-state index in [4.69, 9.17) is 5.11 Å². The monoisotopic (exact) mass is 161 g/mol. The van der Waals surface area contributed by atoms with Gasteiger partial charge in [-0.05, 0) is 17.2 Å². The van der Waals surface area contributed by atoms with E-state index in [2.05, 4.69) is 4.98 Å². The van der Waals surface area contributed by atoms with Crippen molar-refractivity contribution >= 4 is 11.5 Å². The summed E-state index contributed by atoms with van der Waals surface area (Å²) in [6, 6.07) is 3.68.